The molecule has 0 radical (unpaired) electrons. The van der Waals surface area contributed by atoms with Crippen LogP contribution in [0, 0.1) is 0 Å². The topological polar surface area (TPSA) is 29.1 Å². The largest absolute Gasteiger partial charge is 0.355 e. The van der Waals surface area contributed by atoms with E-state index in [4.69, 9.17) is 0 Å². The van der Waals surface area contributed by atoms with E-state index >= 15 is 0 Å². The molecule has 1 aromatic rings. The summed E-state index contributed by atoms with van der Waals surface area (Å²) in [7, 11) is 0. The fourth-order valence-electron chi connectivity index (χ4n) is 1.52. The molecule has 0 bridgehead atoms. The number of nitrogens with one attached hydrogen (secondary N) is 1. The van der Waals surface area contributed by atoms with E-state index < -0.39 is 0 Å². The van der Waals surface area contributed by atoms with Gasteiger partial charge < -0.3 is 5.32 Å². The SMILES string of the molecule is CSc1ccc(C(C)(C)CNC(=O)CS)cc1. The maximum absolute atomic E-state index is 11.2. The highest BCUT2D eigenvalue weighted by molar-refractivity contribution is 7.98. The van der Waals surface area contributed by atoms with E-state index in [0.717, 1.165) is 0 Å². The standard InChI is InChI=1S/C13H19NOS2/c1-13(2,9-14-12(15)8-16)10-4-6-11(17-3)7-5-10/h4-7,16H,8-9H2,1-3H3,(H,14,15). The number of amides is 1. The van der Waals surface area contributed by atoms with Gasteiger partial charge in [0.25, 0.3) is 0 Å². The first-order valence-corrected chi connectivity index (χ1v) is 7.37. The average Bonchev–Trinajstić information content (AvgIpc) is 2.36. The minimum atomic E-state index is -0.0600. The van der Waals surface area contributed by atoms with E-state index in [1.807, 2.05) is 0 Å². The van der Waals surface area contributed by atoms with Gasteiger partial charge in [-0.05, 0) is 24.0 Å². The first kappa shape index (κ1) is 14.5. The van der Waals surface area contributed by atoms with Gasteiger partial charge in [-0.3, -0.25) is 4.79 Å². The highest BCUT2D eigenvalue weighted by Crippen LogP contribution is 2.24. The molecular formula is C13H19NOS2. The minimum absolute atomic E-state index is 0.0258. The lowest BCUT2D eigenvalue weighted by Gasteiger charge is -2.25. The maximum Gasteiger partial charge on any atom is 0.229 e. The fraction of sp³-hybridized carbons (Fsp3) is 0.462. The lowest BCUT2D eigenvalue weighted by atomic mass is 9.84. The van der Waals surface area contributed by atoms with Crippen molar-refractivity contribution in [2.45, 2.75) is 24.2 Å². The Morgan fingerprint density at radius 3 is 2.41 bits per heavy atom. The van der Waals surface area contributed by atoms with Crippen molar-refractivity contribution in [3.05, 3.63) is 29.8 Å². The van der Waals surface area contributed by atoms with Gasteiger partial charge in [0, 0.05) is 16.9 Å². The molecule has 17 heavy (non-hydrogen) atoms. The Labute approximate surface area is 113 Å². The molecule has 1 aromatic carbocycles. The summed E-state index contributed by atoms with van der Waals surface area (Å²) in [6.07, 6.45) is 2.06. The van der Waals surface area contributed by atoms with Crippen LogP contribution in [0.4, 0.5) is 0 Å². The molecule has 94 valence electrons. The second-order valence-corrected chi connectivity index (χ2v) is 5.74. The summed E-state index contributed by atoms with van der Waals surface area (Å²) < 4.78 is 0. The Morgan fingerprint density at radius 2 is 1.94 bits per heavy atom. The Bertz CT molecular complexity index is 374. The number of hydrogen-bond donors (Lipinski definition) is 2. The number of carbonyl (C=O) groups is 1. The summed E-state index contributed by atoms with van der Waals surface area (Å²) in [5, 5.41) is 2.88. The third-order valence-corrected chi connectivity index (χ3v) is 3.77. The second-order valence-electron chi connectivity index (χ2n) is 4.55. The first-order valence-electron chi connectivity index (χ1n) is 5.51. The summed E-state index contributed by atoms with van der Waals surface area (Å²) in [6.45, 7) is 4.88. The molecule has 2 nitrogen and oxygen atoms in total. The number of hydrogen-bond acceptors (Lipinski definition) is 3. The minimum Gasteiger partial charge on any atom is -0.355 e. The lowest BCUT2D eigenvalue weighted by Crippen LogP contribution is -2.37. The van der Waals surface area contributed by atoms with Crippen LogP contribution in [-0.4, -0.2) is 24.5 Å². The van der Waals surface area contributed by atoms with Gasteiger partial charge in [-0.25, -0.2) is 0 Å². The zero-order valence-corrected chi connectivity index (χ0v) is 12.2. The van der Waals surface area contributed by atoms with Gasteiger partial charge in [-0.15, -0.1) is 11.8 Å². The van der Waals surface area contributed by atoms with E-state index in [1.54, 1.807) is 11.8 Å². The third kappa shape index (κ3) is 4.28. The van der Waals surface area contributed by atoms with Crippen LogP contribution in [0.1, 0.15) is 19.4 Å². The average molecular weight is 269 g/mol. The van der Waals surface area contributed by atoms with Gasteiger partial charge in [0.2, 0.25) is 5.91 Å². The van der Waals surface area contributed by atoms with Crippen molar-refractivity contribution in [3.8, 4) is 0 Å². The van der Waals surface area contributed by atoms with E-state index in [2.05, 4.69) is 62.3 Å². The van der Waals surface area contributed by atoms with E-state index in [9.17, 15) is 4.79 Å². The normalized spacial score (nSPS) is 11.3. The van der Waals surface area contributed by atoms with Crippen molar-refractivity contribution in [1.29, 1.82) is 0 Å². The predicted molar refractivity (Wildman–Crippen MR) is 78.1 cm³/mol. The number of thioether (sulfide) groups is 1. The number of carbonyl (C=O) groups excluding carboxylic acids is 1. The molecule has 4 heteroatoms. The quantitative estimate of drug-likeness (QED) is 0.636. The summed E-state index contributed by atoms with van der Waals surface area (Å²) in [5.41, 5.74) is 1.17. The number of thiol groups is 1. The van der Waals surface area contributed by atoms with Crippen molar-refractivity contribution in [1.82, 2.24) is 5.32 Å². The molecular weight excluding hydrogens is 250 g/mol. The molecule has 0 aromatic heterocycles. The zero-order chi connectivity index (χ0) is 12.9. The molecule has 0 unspecified atom stereocenters. The van der Waals surface area contributed by atoms with Crippen molar-refractivity contribution in [2.24, 2.45) is 0 Å². The lowest BCUT2D eigenvalue weighted by molar-refractivity contribution is -0.118. The summed E-state index contributed by atoms with van der Waals surface area (Å²) in [4.78, 5) is 12.5. The Morgan fingerprint density at radius 1 is 1.35 bits per heavy atom. The molecule has 1 amide bonds. The van der Waals surface area contributed by atoms with Crippen LogP contribution in [0.5, 0.6) is 0 Å². The molecule has 0 saturated heterocycles. The van der Waals surface area contributed by atoms with Crippen LogP contribution in [0.25, 0.3) is 0 Å². The Hall–Kier alpha value is -0.610. The molecule has 1 N–H and O–H groups in total. The molecule has 0 aliphatic heterocycles. The Kier molecular flexibility index (Phi) is 5.40. The number of benzene rings is 1. The van der Waals surface area contributed by atoms with Gasteiger partial charge in [0.05, 0.1) is 5.75 Å². The predicted octanol–water partition coefficient (Wildman–Crippen LogP) is 2.73. The van der Waals surface area contributed by atoms with Crippen molar-refractivity contribution in [3.63, 3.8) is 0 Å². The highest BCUT2D eigenvalue weighted by atomic mass is 32.2. The van der Waals surface area contributed by atoms with Crippen molar-refractivity contribution < 1.29 is 4.79 Å². The zero-order valence-electron chi connectivity index (χ0n) is 10.5. The molecule has 0 spiro atoms. The fourth-order valence-corrected chi connectivity index (χ4v) is 2.04. The van der Waals surface area contributed by atoms with Crippen LogP contribution in [-0.2, 0) is 10.2 Å². The first-order chi connectivity index (χ1) is 7.99. The van der Waals surface area contributed by atoms with Gasteiger partial charge in [-0.1, -0.05) is 26.0 Å². The van der Waals surface area contributed by atoms with Crippen LogP contribution >= 0.6 is 24.4 Å². The molecule has 0 aliphatic rings. The molecule has 0 heterocycles. The van der Waals surface area contributed by atoms with E-state index in [1.165, 1.54) is 10.5 Å². The number of rotatable bonds is 5. The van der Waals surface area contributed by atoms with Crippen LogP contribution in [0.2, 0.25) is 0 Å². The third-order valence-electron chi connectivity index (χ3n) is 2.74. The highest BCUT2D eigenvalue weighted by Gasteiger charge is 2.20. The summed E-state index contributed by atoms with van der Waals surface area (Å²) in [5.74, 6) is 0.212. The smallest absolute Gasteiger partial charge is 0.229 e. The van der Waals surface area contributed by atoms with Crippen molar-refractivity contribution in [2.75, 3.05) is 18.6 Å². The van der Waals surface area contributed by atoms with Gasteiger partial charge in [0.1, 0.15) is 0 Å². The van der Waals surface area contributed by atoms with Gasteiger partial charge in [0.15, 0.2) is 0 Å². The molecule has 0 saturated carbocycles. The van der Waals surface area contributed by atoms with Gasteiger partial charge >= 0.3 is 0 Å². The molecule has 0 atom stereocenters. The van der Waals surface area contributed by atoms with Crippen LogP contribution in [0.15, 0.2) is 29.2 Å². The molecule has 1 rings (SSSR count). The second kappa shape index (κ2) is 6.36. The molecule has 0 fully saturated rings. The Balaban J connectivity index is 2.70. The van der Waals surface area contributed by atoms with E-state index in [0.29, 0.717) is 6.54 Å². The summed E-state index contributed by atoms with van der Waals surface area (Å²) >= 11 is 5.67. The van der Waals surface area contributed by atoms with Crippen molar-refractivity contribution >= 4 is 30.3 Å². The summed E-state index contributed by atoms with van der Waals surface area (Å²) in [6, 6.07) is 8.47. The maximum atomic E-state index is 11.2. The van der Waals surface area contributed by atoms with Gasteiger partial charge in [-0.2, -0.15) is 12.6 Å². The van der Waals surface area contributed by atoms with Crippen LogP contribution < -0.4 is 5.32 Å². The monoisotopic (exact) mass is 269 g/mol. The van der Waals surface area contributed by atoms with E-state index in [-0.39, 0.29) is 17.1 Å². The molecule has 0 aliphatic carbocycles. The van der Waals surface area contributed by atoms with Crippen LogP contribution in [0.3, 0.4) is 0 Å².